The molecule has 3 nitrogen and oxygen atoms in total. The van der Waals surface area contributed by atoms with Gasteiger partial charge in [0.2, 0.25) is 5.91 Å². The lowest BCUT2D eigenvalue weighted by Gasteiger charge is -2.27. The summed E-state index contributed by atoms with van der Waals surface area (Å²) in [7, 11) is 0. The number of nitrogens with zero attached hydrogens (tertiary/aromatic N) is 1. The summed E-state index contributed by atoms with van der Waals surface area (Å²) >= 11 is 3.36. The van der Waals surface area contributed by atoms with Gasteiger partial charge in [0.15, 0.2) is 0 Å². The van der Waals surface area contributed by atoms with E-state index >= 15 is 0 Å². The second-order valence-electron chi connectivity index (χ2n) is 6.25. The van der Waals surface area contributed by atoms with Crippen LogP contribution in [-0.2, 0) is 11.3 Å². The zero-order chi connectivity index (χ0) is 16.1. The Morgan fingerprint density at radius 3 is 2.91 bits per heavy atom. The first-order chi connectivity index (χ1) is 10.5. The molecule has 1 aromatic carbocycles. The monoisotopic (exact) mass is 370 g/mol. The van der Waals surface area contributed by atoms with E-state index in [1.165, 1.54) is 6.07 Å². The van der Waals surface area contributed by atoms with Crippen LogP contribution in [0.25, 0.3) is 0 Å². The van der Waals surface area contributed by atoms with E-state index in [9.17, 15) is 9.18 Å². The van der Waals surface area contributed by atoms with Crippen molar-refractivity contribution in [3.05, 3.63) is 34.1 Å². The zero-order valence-electron chi connectivity index (χ0n) is 13.2. The van der Waals surface area contributed by atoms with Gasteiger partial charge < -0.3 is 10.2 Å². The van der Waals surface area contributed by atoms with Crippen molar-refractivity contribution in [3.63, 3.8) is 0 Å². The first kappa shape index (κ1) is 17.4. The standard InChI is InChI=1S/C17H24BrFN2O/c1-12(2)21(11-14-9-15(18)4-5-16(14)19)17(22)6-3-13-7-8-20-10-13/h4-5,9,12-13,20H,3,6-8,10-11H2,1-2H3. The molecule has 0 spiro atoms. The normalized spacial score (nSPS) is 18.0. The molecule has 1 aliphatic rings. The summed E-state index contributed by atoms with van der Waals surface area (Å²) in [6.07, 6.45) is 2.60. The van der Waals surface area contributed by atoms with Crippen molar-refractivity contribution in [1.29, 1.82) is 0 Å². The summed E-state index contributed by atoms with van der Waals surface area (Å²) in [5, 5.41) is 3.32. The molecular weight excluding hydrogens is 347 g/mol. The van der Waals surface area contributed by atoms with Crippen molar-refractivity contribution in [1.82, 2.24) is 10.2 Å². The highest BCUT2D eigenvalue weighted by atomic mass is 79.9. The highest BCUT2D eigenvalue weighted by Crippen LogP contribution is 2.20. The fourth-order valence-corrected chi connectivity index (χ4v) is 3.25. The number of benzene rings is 1. The smallest absolute Gasteiger partial charge is 0.223 e. The quantitative estimate of drug-likeness (QED) is 0.827. The van der Waals surface area contributed by atoms with Crippen LogP contribution >= 0.6 is 15.9 Å². The molecule has 5 heteroatoms. The van der Waals surface area contributed by atoms with Gasteiger partial charge in [0.05, 0.1) is 0 Å². The van der Waals surface area contributed by atoms with Crippen LogP contribution in [0.3, 0.4) is 0 Å². The molecule has 22 heavy (non-hydrogen) atoms. The van der Waals surface area contributed by atoms with Crippen LogP contribution in [0.1, 0.15) is 38.7 Å². The van der Waals surface area contributed by atoms with Gasteiger partial charge in [0, 0.05) is 29.0 Å². The number of rotatable bonds is 6. The minimum atomic E-state index is -0.262. The third-order valence-electron chi connectivity index (χ3n) is 4.22. The Hall–Kier alpha value is -0.940. The molecule has 0 saturated carbocycles. The Bertz CT molecular complexity index is 515. The van der Waals surface area contributed by atoms with E-state index in [1.807, 2.05) is 13.8 Å². The highest BCUT2D eigenvalue weighted by Gasteiger charge is 2.21. The summed E-state index contributed by atoms with van der Waals surface area (Å²) in [5.41, 5.74) is 0.555. The molecule has 0 bridgehead atoms. The predicted molar refractivity (Wildman–Crippen MR) is 90.0 cm³/mol. The van der Waals surface area contributed by atoms with E-state index in [0.717, 1.165) is 30.4 Å². The molecule has 0 aliphatic carbocycles. The van der Waals surface area contributed by atoms with E-state index in [1.54, 1.807) is 17.0 Å². The van der Waals surface area contributed by atoms with Crippen molar-refractivity contribution in [3.8, 4) is 0 Å². The van der Waals surface area contributed by atoms with E-state index in [2.05, 4.69) is 21.2 Å². The number of amides is 1. The van der Waals surface area contributed by atoms with Gasteiger partial charge in [-0.1, -0.05) is 15.9 Å². The first-order valence-corrected chi connectivity index (χ1v) is 8.70. The fraction of sp³-hybridized carbons (Fsp3) is 0.588. The second kappa shape index (κ2) is 8.06. The summed E-state index contributed by atoms with van der Waals surface area (Å²) in [6, 6.07) is 4.92. The Balaban J connectivity index is 1.99. The van der Waals surface area contributed by atoms with Crippen molar-refractivity contribution in [2.75, 3.05) is 13.1 Å². The molecule has 2 rings (SSSR count). The lowest BCUT2D eigenvalue weighted by Crippen LogP contribution is -2.36. The number of hydrogen-bond acceptors (Lipinski definition) is 2. The van der Waals surface area contributed by atoms with E-state index in [4.69, 9.17) is 0 Å². The maximum Gasteiger partial charge on any atom is 0.223 e. The van der Waals surface area contributed by atoms with Gasteiger partial charge in [-0.25, -0.2) is 4.39 Å². The summed E-state index contributed by atoms with van der Waals surface area (Å²) in [4.78, 5) is 14.3. The Labute approximate surface area is 140 Å². The summed E-state index contributed by atoms with van der Waals surface area (Å²) in [5.74, 6) is 0.448. The fourth-order valence-electron chi connectivity index (χ4n) is 2.84. The third kappa shape index (κ3) is 4.78. The van der Waals surface area contributed by atoms with Crippen LogP contribution in [-0.4, -0.2) is 29.9 Å². The molecule has 1 saturated heterocycles. The molecule has 1 aliphatic heterocycles. The number of halogens is 2. The molecule has 1 amide bonds. The summed E-state index contributed by atoms with van der Waals surface area (Å²) < 4.78 is 14.8. The molecule has 1 aromatic rings. The molecular formula is C17H24BrFN2O. The van der Waals surface area contributed by atoms with Gasteiger partial charge in [-0.2, -0.15) is 0 Å². The highest BCUT2D eigenvalue weighted by molar-refractivity contribution is 9.10. The molecule has 1 fully saturated rings. The Morgan fingerprint density at radius 2 is 2.27 bits per heavy atom. The number of carbonyl (C=O) groups excluding carboxylic acids is 1. The lowest BCUT2D eigenvalue weighted by atomic mass is 10.0. The van der Waals surface area contributed by atoms with Crippen LogP contribution in [0, 0.1) is 11.7 Å². The van der Waals surface area contributed by atoms with Gasteiger partial charge in [-0.05, 0) is 63.9 Å². The van der Waals surface area contributed by atoms with Crippen LogP contribution in [0.5, 0.6) is 0 Å². The SMILES string of the molecule is CC(C)N(Cc1cc(Br)ccc1F)C(=O)CCC1CCNC1. The Morgan fingerprint density at radius 1 is 1.50 bits per heavy atom. The molecule has 1 heterocycles. The summed E-state index contributed by atoms with van der Waals surface area (Å²) in [6.45, 7) is 6.34. The van der Waals surface area contributed by atoms with Gasteiger partial charge >= 0.3 is 0 Å². The van der Waals surface area contributed by atoms with Crippen LogP contribution in [0.4, 0.5) is 4.39 Å². The van der Waals surface area contributed by atoms with Gasteiger partial charge in [-0.15, -0.1) is 0 Å². The number of carbonyl (C=O) groups is 1. The molecule has 0 radical (unpaired) electrons. The zero-order valence-corrected chi connectivity index (χ0v) is 14.8. The minimum absolute atomic E-state index is 0.0626. The molecule has 1 N–H and O–H groups in total. The van der Waals surface area contributed by atoms with Crippen LogP contribution < -0.4 is 5.32 Å². The number of hydrogen-bond donors (Lipinski definition) is 1. The molecule has 1 atom stereocenters. The van der Waals surface area contributed by atoms with Crippen molar-refractivity contribution < 1.29 is 9.18 Å². The molecule has 0 aromatic heterocycles. The predicted octanol–water partition coefficient (Wildman–Crippen LogP) is 3.71. The Kier molecular flexibility index (Phi) is 6.38. The van der Waals surface area contributed by atoms with Crippen molar-refractivity contribution in [2.24, 2.45) is 5.92 Å². The molecule has 1 unspecified atom stereocenters. The average Bonchev–Trinajstić information content (AvgIpc) is 2.98. The second-order valence-corrected chi connectivity index (χ2v) is 7.16. The van der Waals surface area contributed by atoms with Gasteiger partial charge in [-0.3, -0.25) is 4.79 Å². The van der Waals surface area contributed by atoms with Crippen LogP contribution in [0.2, 0.25) is 0 Å². The first-order valence-electron chi connectivity index (χ1n) is 7.91. The largest absolute Gasteiger partial charge is 0.336 e. The van der Waals surface area contributed by atoms with Gasteiger partial charge in [0.1, 0.15) is 5.82 Å². The number of nitrogens with one attached hydrogen (secondary N) is 1. The van der Waals surface area contributed by atoms with E-state index in [0.29, 0.717) is 24.4 Å². The lowest BCUT2D eigenvalue weighted by molar-refractivity contribution is -0.133. The van der Waals surface area contributed by atoms with E-state index in [-0.39, 0.29) is 17.8 Å². The van der Waals surface area contributed by atoms with Crippen LogP contribution in [0.15, 0.2) is 22.7 Å². The van der Waals surface area contributed by atoms with Crippen molar-refractivity contribution in [2.45, 2.75) is 45.7 Å². The van der Waals surface area contributed by atoms with Gasteiger partial charge in [0.25, 0.3) is 0 Å². The topological polar surface area (TPSA) is 32.3 Å². The maximum atomic E-state index is 13.9. The molecule has 122 valence electrons. The third-order valence-corrected chi connectivity index (χ3v) is 4.71. The minimum Gasteiger partial charge on any atom is -0.336 e. The maximum absolute atomic E-state index is 13.9. The van der Waals surface area contributed by atoms with Crippen molar-refractivity contribution >= 4 is 21.8 Å². The average molecular weight is 371 g/mol. The van der Waals surface area contributed by atoms with E-state index < -0.39 is 0 Å².